The van der Waals surface area contributed by atoms with Crippen molar-refractivity contribution in [1.29, 1.82) is 0 Å². The molecule has 0 radical (unpaired) electrons. The highest BCUT2D eigenvalue weighted by Crippen LogP contribution is 2.29. The van der Waals surface area contributed by atoms with Gasteiger partial charge in [-0.2, -0.15) is 8.78 Å². The summed E-state index contributed by atoms with van der Waals surface area (Å²) in [6, 6.07) is 0.491. The molecule has 3 rings (SSSR count). The number of hydrogen-bond acceptors (Lipinski definition) is 7. The number of anilines is 1. The van der Waals surface area contributed by atoms with E-state index in [2.05, 4.69) is 10.5 Å². The van der Waals surface area contributed by atoms with Crippen LogP contribution in [0.25, 0.3) is 11.0 Å². The van der Waals surface area contributed by atoms with E-state index in [-0.39, 0.29) is 43.1 Å². The molecular formula is C20H24F2N4O6. The lowest BCUT2D eigenvalue weighted by Crippen LogP contribution is -2.59. The average Bonchev–Trinajstić information content (AvgIpc) is 3.10. The Morgan fingerprint density at radius 1 is 1.19 bits per heavy atom. The zero-order valence-corrected chi connectivity index (χ0v) is 17.9. The van der Waals surface area contributed by atoms with Crippen molar-refractivity contribution >= 4 is 34.6 Å². The molecule has 12 heteroatoms. The second-order valence-corrected chi connectivity index (χ2v) is 8.33. The number of para-hydroxylation sites is 1. The number of aromatic nitrogens is 1. The maximum atomic E-state index is 14.8. The Kier molecular flexibility index (Phi) is 6.35. The van der Waals surface area contributed by atoms with Gasteiger partial charge in [0.1, 0.15) is 11.3 Å². The summed E-state index contributed by atoms with van der Waals surface area (Å²) in [7, 11) is 0. The highest BCUT2D eigenvalue weighted by Gasteiger charge is 2.47. The molecule has 2 aromatic rings. The van der Waals surface area contributed by atoms with Crippen molar-refractivity contribution in [1.82, 2.24) is 15.0 Å². The zero-order valence-electron chi connectivity index (χ0n) is 17.9. The van der Waals surface area contributed by atoms with E-state index in [0.717, 1.165) is 0 Å². The fraction of sp³-hybridized carbons (Fsp3) is 0.500. The van der Waals surface area contributed by atoms with Crippen LogP contribution in [0.4, 0.5) is 19.3 Å². The standard InChI is InChI=1S/C20H24F2N4O6/c1-19(2,3)31-18(30)25-7-9-26(10-8-25)20(21,22)17(29)23-13-6-4-5-12-14(11-15(27)28)24-32-16(12)13/h4-6H,7-11H2,1-3H3,(H,23,29)(H,27,28). The Morgan fingerprint density at radius 3 is 2.44 bits per heavy atom. The van der Waals surface area contributed by atoms with E-state index < -0.39 is 36.0 Å². The minimum absolute atomic E-state index is 0.00245. The lowest BCUT2D eigenvalue weighted by atomic mass is 10.1. The summed E-state index contributed by atoms with van der Waals surface area (Å²) in [5.74, 6) is -2.71. The van der Waals surface area contributed by atoms with Gasteiger partial charge >= 0.3 is 24.0 Å². The minimum Gasteiger partial charge on any atom is -0.481 e. The molecule has 1 aliphatic heterocycles. The second-order valence-electron chi connectivity index (χ2n) is 8.33. The SMILES string of the molecule is CC(C)(C)OC(=O)N1CCN(C(F)(F)C(=O)Nc2cccc3c(CC(=O)O)noc23)CC1. The van der Waals surface area contributed by atoms with Crippen LogP contribution in [0.5, 0.6) is 0 Å². The predicted octanol–water partition coefficient (Wildman–Crippen LogP) is 2.54. The van der Waals surface area contributed by atoms with Gasteiger partial charge in [0.25, 0.3) is 0 Å². The van der Waals surface area contributed by atoms with Crippen LogP contribution < -0.4 is 5.32 Å². The molecule has 2 N–H and O–H groups in total. The molecule has 1 aliphatic rings. The van der Waals surface area contributed by atoms with E-state index in [1.807, 2.05) is 0 Å². The number of halogens is 2. The summed E-state index contributed by atoms with van der Waals surface area (Å²) in [4.78, 5) is 37.4. The van der Waals surface area contributed by atoms with Crippen LogP contribution in [0.15, 0.2) is 22.7 Å². The van der Waals surface area contributed by atoms with Gasteiger partial charge in [-0.1, -0.05) is 11.2 Å². The van der Waals surface area contributed by atoms with Gasteiger partial charge in [-0.3, -0.25) is 9.59 Å². The largest absolute Gasteiger partial charge is 0.481 e. The third kappa shape index (κ3) is 5.13. The number of carboxylic acids is 1. The third-order valence-electron chi connectivity index (χ3n) is 4.74. The van der Waals surface area contributed by atoms with Gasteiger partial charge < -0.3 is 24.6 Å². The van der Waals surface area contributed by atoms with Crippen molar-refractivity contribution in [3.8, 4) is 0 Å². The topological polar surface area (TPSA) is 125 Å². The Labute approximate surface area is 182 Å². The van der Waals surface area contributed by atoms with E-state index >= 15 is 0 Å². The number of carbonyl (C=O) groups excluding carboxylic acids is 2. The molecule has 32 heavy (non-hydrogen) atoms. The van der Waals surface area contributed by atoms with Crippen molar-refractivity contribution in [3.63, 3.8) is 0 Å². The van der Waals surface area contributed by atoms with Crippen molar-refractivity contribution in [3.05, 3.63) is 23.9 Å². The number of alkyl halides is 2. The maximum absolute atomic E-state index is 14.8. The summed E-state index contributed by atoms with van der Waals surface area (Å²) >= 11 is 0. The van der Waals surface area contributed by atoms with Crippen LogP contribution in [-0.2, 0) is 20.7 Å². The molecule has 0 unspecified atom stereocenters. The number of nitrogens with zero attached hydrogens (tertiary/aromatic N) is 3. The molecule has 1 aromatic heterocycles. The molecule has 2 amide bonds. The van der Waals surface area contributed by atoms with Gasteiger partial charge in [-0.05, 0) is 32.9 Å². The lowest BCUT2D eigenvalue weighted by molar-refractivity contribution is -0.177. The van der Waals surface area contributed by atoms with Gasteiger partial charge in [-0.25, -0.2) is 9.69 Å². The fourth-order valence-electron chi connectivity index (χ4n) is 3.22. The van der Waals surface area contributed by atoms with Crippen LogP contribution in [0.2, 0.25) is 0 Å². The first-order chi connectivity index (χ1) is 14.9. The number of fused-ring (bicyclic) bond motifs is 1. The Balaban J connectivity index is 1.67. The third-order valence-corrected chi connectivity index (χ3v) is 4.74. The molecule has 10 nitrogen and oxygen atoms in total. The van der Waals surface area contributed by atoms with E-state index in [1.54, 1.807) is 20.8 Å². The molecule has 174 valence electrons. The molecule has 2 heterocycles. The van der Waals surface area contributed by atoms with E-state index in [9.17, 15) is 23.2 Å². The number of benzene rings is 1. The van der Waals surface area contributed by atoms with Crippen LogP contribution in [0.3, 0.4) is 0 Å². The molecule has 1 saturated heterocycles. The number of rotatable bonds is 5. The Hall–Kier alpha value is -3.28. The van der Waals surface area contributed by atoms with Crippen molar-refractivity contribution < 1.29 is 37.5 Å². The highest BCUT2D eigenvalue weighted by atomic mass is 19.3. The smallest absolute Gasteiger partial charge is 0.410 e. The maximum Gasteiger partial charge on any atom is 0.410 e. The molecule has 1 aromatic carbocycles. The highest BCUT2D eigenvalue weighted by molar-refractivity contribution is 6.03. The number of carboxylic acid groups (broad SMARTS) is 1. The fourth-order valence-corrected chi connectivity index (χ4v) is 3.22. The van der Waals surface area contributed by atoms with Gasteiger partial charge in [0.05, 0.1) is 12.1 Å². The number of piperazine rings is 1. The van der Waals surface area contributed by atoms with E-state index in [4.69, 9.17) is 14.4 Å². The summed E-state index contributed by atoms with van der Waals surface area (Å²) < 4.78 is 40.0. The number of hydrogen-bond donors (Lipinski definition) is 2. The van der Waals surface area contributed by atoms with Crippen LogP contribution in [-0.4, -0.2) is 75.9 Å². The monoisotopic (exact) mass is 454 g/mol. The first-order valence-electron chi connectivity index (χ1n) is 9.90. The Bertz CT molecular complexity index is 1020. The van der Waals surface area contributed by atoms with Gasteiger partial charge in [0.15, 0.2) is 5.58 Å². The zero-order chi connectivity index (χ0) is 23.7. The van der Waals surface area contributed by atoms with Gasteiger partial charge in [-0.15, -0.1) is 0 Å². The lowest BCUT2D eigenvalue weighted by Gasteiger charge is -2.38. The molecule has 0 spiro atoms. The summed E-state index contributed by atoms with van der Waals surface area (Å²) in [5, 5.41) is 15.0. The first kappa shape index (κ1) is 23.4. The molecule has 0 bridgehead atoms. The number of aliphatic carboxylic acids is 1. The van der Waals surface area contributed by atoms with Crippen LogP contribution in [0, 0.1) is 0 Å². The van der Waals surface area contributed by atoms with Crippen molar-refractivity contribution in [2.75, 3.05) is 31.5 Å². The van der Waals surface area contributed by atoms with Crippen molar-refractivity contribution in [2.24, 2.45) is 0 Å². The number of amides is 2. The average molecular weight is 454 g/mol. The molecule has 0 aliphatic carbocycles. The van der Waals surface area contributed by atoms with E-state index in [0.29, 0.717) is 10.3 Å². The van der Waals surface area contributed by atoms with Crippen LogP contribution >= 0.6 is 0 Å². The molecule has 0 atom stereocenters. The molecular weight excluding hydrogens is 430 g/mol. The van der Waals surface area contributed by atoms with Gasteiger partial charge in [0.2, 0.25) is 0 Å². The summed E-state index contributed by atoms with van der Waals surface area (Å²) in [6.07, 6.45) is -1.01. The quantitative estimate of drug-likeness (QED) is 0.661. The number of nitrogens with one attached hydrogen (secondary N) is 1. The van der Waals surface area contributed by atoms with E-state index in [1.165, 1.54) is 23.1 Å². The Morgan fingerprint density at radius 2 is 1.84 bits per heavy atom. The molecule has 1 fully saturated rings. The predicted molar refractivity (Wildman–Crippen MR) is 108 cm³/mol. The first-order valence-corrected chi connectivity index (χ1v) is 9.90. The van der Waals surface area contributed by atoms with Crippen molar-refractivity contribution in [2.45, 2.75) is 38.8 Å². The number of ether oxygens (including phenoxy) is 1. The second kappa shape index (κ2) is 8.69. The van der Waals surface area contributed by atoms with Crippen LogP contribution in [0.1, 0.15) is 26.5 Å². The number of carbonyl (C=O) groups is 3. The summed E-state index contributed by atoms with van der Waals surface area (Å²) in [6.45, 7) is 4.63. The van der Waals surface area contributed by atoms with Gasteiger partial charge in [0, 0.05) is 31.6 Å². The minimum atomic E-state index is -3.86. The summed E-state index contributed by atoms with van der Waals surface area (Å²) in [5.41, 5.74) is -0.635. The molecule has 0 saturated carbocycles. The normalized spacial score (nSPS) is 15.6.